The van der Waals surface area contributed by atoms with Gasteiger partial charge < -0.3 is 24.3 Å². The van der Waals surface area contributed by atoms with Crippen molar-refractivity contribution in [1.29, 1.82) is 0 Å². The fourth-order valence-corrected chi connectivity index (χ4v) is 4.76. The number of rotatable bonds is 9. The number of hydrogen-bond acceptors (Lipinski definition) is 7. The van der Waals surface area contributed by atoms with E-state index in [2.05, 4.69) is 5.32 Å². The summed E-state index contributed by atoms with van der Waals surface area (Å²) in [5, 5.41) is 7.86. The Kier molecular flexibility index (Phi) is 8.43. The van der Waals surface area contributed by atoms with Crippen molar-refractivity contribution in [3.05, 3.63) is 102 Å². The number of para-hydroxylation sites is 1. The van der Waals surface area contributed by atoms with Crippen LogP contribution >= 0.6 is 0 Å². The molecular formula is C34H31N3O6. The molecule has 0 saturated heterocycles. The number of esters is 1. The average Bonchev–Trinajstić information content (AvgIpc) is 3.39. The van der Waals surface area contributed by atoms with Crippen molar-refractivity contribution in [1.82, 2.24) is 9.78 Å². The van der Waals surface area contributed by atoms with Crippen LogP contribution in [0.25, 0.3) is 28.1 Å². The molecule has 218 valence electrons. The van der Waals surface area contributed by atoms with Crippen molar-refractivity contribution >= 4 is 17.6 Å². The first-order chi connectivity index (χ1) is 20.8. The SMILES string of the molecule is COc1ccc(-c2nn(-c3cccc(C)c3)c(OC(C)=O)c2-c2ccc(NC(=O)c3ccccc3OC)cc2)cc1OC. The fourth-order valence-electron chi connectivity index (χ4n) is 4.76. The van der Waals surface area contributed by atoms with Crippen LogP contribution in [0.4, 0.5) is 5.69 Å². The molecule has 1 amide bonds. The largest absolute Gasteiger partial charge is 0.496 e. The summed E-state index contributed by atoms with van der Waals surface area (Å²) in [7, 11) is 4.66. The second kappa shape index (κ2) is 12.5. The Hall–Kier alpha value is -5.57. The van der Waals surface area contributed by atoms with Crippen LogP contribution in [0.1, 0.15) is 22.8 Å². The summed E-state index contributed by atoms with van der Waals surface area (Å²) in [5.41, 5.74) is 5.33. The summed E-state index contributed by atoms with van der Waals surface area (Å²) >= 11 is 0. The number of nitrogens with one attached hydrogen (secondary N) is 1. The summed E-state index contributed by atoms with van der Waals surface area (Å²) < 4.78 is 23.8. The third kappa shape index (κ3) is 6.06. The van der Waals surface area contributed by atoms with Gasteiger partial charge in [0.25, 0.3) is 5.91 Å². The number of carbonyl (C=O) groups excluding carboxylic acids is 2. The zero-order valence-electron chi connectivity index (χ0n) is 24.5. The van der Waals surface area contributed by atoms with E-state index >= 15 is 0 Å². The number of anilines is 1. The zero-order chi connectivity index (χ0) is 30.5. The summed E-state index contributed by atoms with van der Waals surface area (Å²) in [6.45, 7) is 3.33. The molecule has 1 N–H and O–H groups in total. The molecule has 5 rings (SSSR count). The van der Waals surface area contributed by atoms with Crippen LogP contribution in [-0.2, 0) is 4.79 Å². The van der Waals surface area contributed by atoms with E-state index in [1.807, 2.05) is 55.5 Å². The van der Waals surface area contributed by atoms with Gasteiger partial charge in [-0.05, 0) is 72.6 Å². The van der Waals surface area contributed by atoms with Crippen LogP contribution in [0.15, 0.2) is 91.0 Å². The molecule has 0 atom stereocenters. The van der Waals surface area contributed by atoms with Crippen molar-refractivity contribution in [3.8, 4) is 51.2 Å². The van der Waals surface area contributed by atoms with Crippen molar-refractivity contribution in [3.63, 3.8) is 0 Å². The Balaban J connectivity index is 1.64. The number of hydrogen-bond donors (Lipinski definition) is 1. The Morgan fingerprint density at radius 3 is 2.12 bits per heavy atom. The summed E-state index contributed by atoms with van der Waals surface area (Å²) in [6.07, 6.45) is 0. The molecular weight excluding hydrogens is 546 g/mol. The first-order valence-corrected chi connectivity index (χ1v) is 13.5. The number of methoxy groups -OCH3 is 3. The molecule has 0 aliphatic rings. The molecule has 9 heteroatoms. The zero-order valence-corrected chi connectivity index (χ0v) is 24.5. The van der Waals surface area contributed by atoms with Gasteiger partial charge in [0.05, 0.1) is 38.1 Å². The third-order valence-electron chi connectivity index (χ3n) is 6.77. The summed E-state index contributed by atoms with van der Waals surface area (Å²) in [4.78, 5) is 25.4. The molecule has 0 fully saturated rings. The van der Waals surface area contributed by atoms with Crippen molar-refractivity contribution < 1.29 is 28.5 Å². The van der Waals surface area contributed by atoms with Gasteiger partial charge in [0.15, 0.2) is 11.5 Å². The highest BCUT2D eigenvalue weighted by atomic mass is 16.5. The maximum Gasteiger partial charge on any atom is 0.309 e. The molecule has 0 spiro atoms. The Labute approximate surface area is 249 Å². The lowest BCUT2D eigenvalue weighted by atomic mass is 10.0. The van der Waals surface area contributed by atoms with E-state index in [0.29, 0.717) is 39.8 Å². The Bertz CT molecular complexity index is 1790. The number of carbonyl (C=O) groups is 2. The van der Waals surface area contributed by atoms with E-state index < -0.39 is 5.97 Å². The second-order valence-corrected chi connectivity index (χ2v) is 9.67. The topological polar surface area (TPSA) is 101 Å². The molecule has 4 aromatic carbocycles. The Morgan fingerprint density at radius 2 is 1.44 bits per heavy atom. The van der Waals surface area contributed by atoms with Crippen molar-refractivity contribution in [2.24, 2.45) is 0 Å². The minimum atomic E-state index is -0.491. The number of aryl methyl sites for hydroxylation is 1. The summed E-state index contributed by atoms with van der Waals surface area (Å²) in [6, 6.07) is 27.5. The van der Waals surface area contributed by atoms with E-state index in [-0.39, 0.29) is 11.8 Å². The van der Waals surface area contributed by atoms with Gasteiger partial charge >= 0.3 is 5.97 Å². The molecule has 5 aromatic rings. The monoisotopic (exact) mass is 577 g/mol. The van der Waals surface area contributed by atoms with Crippen LogP contribution in [0.5, 0.6) is 23.1 Å². The predicted molar refractivity (Wildman–Crippen MR) is 165 cm³/mol. The molecule has 9 nitrogen and oxygen atoms in total. The molecule has 0 aliphatic carbocycles. The normalized spacial score (nSPS) is 10.6. The number of amides is 1. The molecule has 1 heterocycles. The molecule has 0 aliphatic heterocycles. The smallest absolute Gasteiger partial charge is 0.309 e. The third-order valence-corrected chi connectivity index (χ3v) is 6.77. The van der Waals surface area contributed by atoms with Gasteiger partial charge in [0.2, 0.25) is 5.88 Å². The van der Waals surface area contributed by atoms with E-state index in [4.69, 9.17) is 24.0 Å². The predicted octanol–water partition coefficient (Wildman–Crippen LogP) is 6.72. The number of benzene rings is 4. The van der Waals surface area contributed by atoms with Crippen LogP contribution < -0.4 is 24.3 Å². The van der Waals surface area contributed by atoms with Crippen LogP contribution in [0.2, 0.25) is 0 Å². The quantitative estimate of drug-likeness (QED) is 0.194. The first-order valence-electron chi connectivity index (χ1n) is 13.5. The second-order valence-electron chi connectivity index (χ2n) is 9.67. The van der Waals surface area contributed by atoms with Crippen LogP contribution in [0, 0.1) is 6.92 Å². The van der Waals surface area contributed by atoms with E-state index in [0.717, 1.165) is 22.4 Å². The molecule has 1 aromatic heterocycles. The minimum Gasteiger partial charge on any atom is -0.496 e. The van der Waals surface area contributed by atoms with Gasteiger partial charge in [0, 0.05) is 18.2 Å². The van der Waals surface area contributed by atoms with Gasteiger partial charge in [-0.3, -0.25) is 9.59 Å². The molecule has 0 radical (unpaired) electrons. The molecule has 0 saturated carbocycles. The maximum absolute atomic E-state index is 13.0. The number of aromatic nitrogens is 2. The van der Waals surface area contributed by atoms with Gasteiger partial charge in [0.1, 0.15) is 11.4 Å². The highest BCUT2D eigenvalue weighted by Gasteiger charge is 2.25. The first kappa shape index (κ1) is 28.9. The van der Waals surface area contributed by atoms with Gasteiger partial charge in [-0.15, -0.1) is 0 Å². The van der Waals surface area contributed by atoms with Gasteiger partial charge in [-0.25, -0.2) is 0 Å². The van der Waals surface area contributed by atoms with E-state index in [1.54, 1.807) is 61.4 Å². The lowest BCUT2D eigenvalue weighted by molar-refractivity contribution is -0.132. The van der Waals surface area contributed by atoms with E-state index in [1.165, 1.54) is 14.0 Å². The van der Waals surface area contributed by atoms with Crippen LogP contribution in [0.3, 0.4) is 0 Å². The number of ether oxygens (including phenoxy) is 4. The van der Waals surface area contributed by atoms with Gasteiger partial charge in [-0.2, -0.15) is 9.78 Å². The maximum atomic E-state index is 13.0. The standard InChI is InChI=1S/C34H31N3O6/c1-21-9-8-10-26(19-21)37-34(43-22(2)38)31(32(36-37)24-15-18-29(41-4)30(20-24)42-5)23-13-16-25(17-14-23)35-33(39)27-11-6-7-12-28(27)40-3/h6-20H,1-5H3,(H,35,39). The van der Waals surface area contributed by atoms with E-state index in [9.17, 15) is 9.59 Å². The number of nitrogens with zero attached hydrogens (tertiary/aromatic N) is 2. The summed E-state index contributed by atoms with van der Waals surface area (Å²) in [5.74, 6) is 1.04. The molecule has 0 bridgehead atoms. The lowest BCUT2D eigenvalue weighted by Gasteiger charge is -2.12. The van der Waals surface area contributed by atoms with Crippen molar-refractivity contribution in [2.75, 3.05) is 26.6 Å². The lowest BCUT2D eigenvalue weighted by Crippen LogP contribution is -2.13. The van der Waals surface area contributed by atoms with Gasteiger partial charge in [-0.1, -0.05) is 36.4 Å². The minimum absolute atomic E-state index is 0.258. The average molecular weight is 578 g/mol. The fraction of sp³-hybridized carbons (Fsp3) is 0.147. The molecule has 0 unspecified atom stereocenters. The highest BCUT2D eigenvalue weighted by molar-refractivity contribution is 6.06. The Morgan fingerprint density at radius 1 is 0.744 bits per heavy atom. The van der Waals surface area contributed by atoms with Crippen molar-refractivity contribution in [2.45, 2.75) is 13.8 Å². The van der Waals surface area contributed by atoms with Crippen LogP contribution in [-0.4, -0.2) is 43.0 Å². The highest BCUT2D eigenvalue weighted by Crippen LogP contribution is 2.43. The molecule has 43 heavy (non-hydrogen) atoms.